The van der Waals surface area contributed by atoms with E-state index in [2.05, 4.69) is 160 Å². The van der Waals surface area contributed by atoms with Gasteiger partial charge in [0.15, 0.2) is 24.5 Å². The largest absolute Gasteiger partial charge is 0.456 e. The highest BCUT2D eigenvalue weighted by Gasteiger charge is 2.43. The lowest BCUT2D eigenvalue weighted by atomic mass is 9.76. The second kappa shape index (κ2) is 10.4. The van der Waals surface area contributed by atoms with E-state index in [9.17, 15) is 0 Å². The van der Waals surface area contributed by atoms with E-state index in [0.717, 1.165) is 30.4 Å². The molecule has 10 aromatic rings. The summed E-state index contributed by atoms with van der Waals surface area (Å²) in [6.45, 7) is 4.43. The zero-order chi connectivity index (χ0) is 34.1. The van der Waals surface area contributed by atoms with Crippen LogP contribution in [0.2, 0.25) is 0 Å². The summed E-state index contributed by atoms with van der Waals surface area (Å²) in [5.74, 6) is 0.364. The number of aryl methyl sites for hydroxylation is 1. The first kappa shape index (κ1) is 28.4. The van der Waals surface area contributed by atoms with Gasteiger partial charge in [0.1, 0.15) is 11.2 Å². The van der Waals surface area contributed by atoms with Crippen molar-refractivity contribution in [2.45, 2.75) is 37.3 Å². The Balaban J connectivity index is 1.14. The molecule has 12 rings (SSSR count). The van der Waals surface area contributed by atoms with Gasteiger partial charge >= 0.3 is 0 Å². The van der Waals surface area contributed by atoms with E-state index in [4.69, 9.17) is 4.42 Å². The predicted molar refractivity (Wildman–Crippen MR) is 210 cm³/mol. The average molecular weight is 670 g/mol. The zero-order valence-corrected chi connectivity index (χ0v) is 28.7. The SMILES string of the molecule is C=CC1CC2C(CCc3cc4c(cc3-c3cccc[n+]31)c1cccc3c5cc6c(cc5n4c13)oc1ccccc16)c1ccccc1-c1cccc[n+]12. The summed E-state index contributed by atoms with van der Waals surface area (Å²) >= 11 is 0. The first-order valence-corrected chi connectivity index (χ1v) is 18.5. The van der Waals surface area contributed by atoms with Crippen LogP contribution in [-0.4, -0.2) is 4.40 Å². The number of fused-ring (bicyclic) bond motifs is 18. The van der Waals surface area contributed by atoms with Crippen LogP contribution in [0.4, 0.5) is 0 Å². The standard InChI is InChI=1S/C48H35N3O/c1-2-30-25-43-33(31-12-3-4-13-32(31)41-17-8-10-23-50(41)43)21-20-29-24-44-38(26-37(29)42-18-7-9-22-49(30)42)35-15-11-16-36-39-27-40-34-14-5-6-19-46(34)52-47(40)28-45(39)51(44)48(35)36/h2-19,22-24,26-28,30,33,43H,1,20-21,25H2/q+2. The third-order valence-electron chi connectivity index (χ3n) is 12.4. The van der Waals surface area contributed by atoms with Crippen molar-refractivity contribution in [2.75, 3.05) is 0 Å². The molecular formula is C48H35N3O+2. The van der Waals surface area contributed by atoms with Gasteiger partial charge in [-0.2, -0.15) is 9.13 Å². The minimum Gasteiger partial charge on any atom is -0.456 e. The molecule has 0 radical (unpaired) electrons. The van der Waals surface area contributed by atoms with E-state index in [-0.39, 0.29) is 6.04 Å². The van der Waals surface area contributed by atoms with Gasteiger partial charge in [-0.25, -0.2) is 0 Å². The molecule has 0 fully saturated rings. The van der Waals surface area contributed by atoms with Crippen molar-refractivity contribution >= 4 is 60.0 Å². The summed E-state index contributed by atoms with van der Waals surface area (Å²) < 4.78 is 14.0. The maximum atomic E-state index is 6.45. The molecule has 0 amide bonds. The highest BCUT2D eigenvalue weighted by atomic mass is 16.3. The van der Waals surface area contributed by atoms with E-state index in [0.29, 0.717) is 12.0 Å². The number of allylic oxidation sites excluding steroid dienone is 1. The Hall–Kier alpha value is -6.26. The minimum atomic E-state index is 0.126. The minimum absolute atomic E-state index is 0.126. The first-order valence-electron chi connectivity index (χ1n) is 18.5. The number of furan rings is 1. The van der Waals surface area contributed by atoms with Crippen molar-refractivity contribution in [2.24, 2.45) is 0 Å². The van der Waals surface area contributed by atoms with Crippen molar-refractivity contribution < 1.29 is 13.6 Å². The van der Waals surface area contributed by atoms with E-state index >= 15 is 0 Å². The predicted octanol–water partition coefficient (Wildman–Crippen LogP) is 11.0. The molecule has 52 heavy (non-hydrogen) atoms. The molecule has 2 aliphatic rings. The van der Waals surface area contributed by atoms with Crippen molar-refractivity contribution in [1.82, 2.24) is 4.40 Å². The van der Waals surface area contributed by atoms with Crippen LogP contribution in [0.5, 0.6) is 0 Å². The van der Waals surface area contributed by atoms with Gasteiger partial charge < -0.3 is 8.82 Å². The van der Waals surface area contributed by atoms with Gasteiger partial charge in [-0.3, -0.25) is 0 Å². The van der Waals surface area contributed by atoms with E-state index in [1.165, 1.54) is 82.5 Å². The number of rotatable bonds is 1. The second-order valence-corrected chi connectivity index (χ2v) is 14.9. The Labute approximate surface area is 300 Å². The molecule has 0 N–H and O–H groups in total. The maximum absolute atomic E-state index is 6.45. The third-order valence-corrected chi connectivity index (χ3v) is 12.4. The third kappa shape index (κ3) is 3.71. The topological polar surface area (TPSA) is 25.3 Å². The lowest BCUT2D eigenvalue weighted by Crippen LogP contribution is -2.51. The number of hydrogen-bond acceptors (Lipinski definition) is 1. The molecule has 0 spiro atoms. The Morgan fingerprint density at radius 3 is 2.19 bits per heavy atom. The fraction of sp³-hybridized carbons (Fsp3) is 0.125. The van der Waals surface area contributed by atoms with Crippen LogP contribution in [0, 0.1) is 0 Å². The molecule has 7 heterocycles. The molecule has 0 saturated heterocycles. The quantitative estimate of drug-likeness (QED) is 0.126. The summed E-state index contributed by atoms with van der Waals surface area (Å²) in [5, 5.41) is 7.48. The van der Waals surface area contributed by atoms with Crippen LogP contribution < -0.4 is 9.13 Å². The van der Waals surface area contributed by atoms with Gasteiger partial charge in [0.05, 0.1) is 28.5 Å². The fourth-order valence-corrected chi connectivity index (χ4v) is 10.1. The van der Waals surface area contributed by atoms with Gasteiger partial charge in [0, 0.05) is 74.1 Å². The maximum Gasteiger partial charge on any atom is 0.213 e. The van der Waals surface area contributed by atoms with Crippen LogP contribution in [-0.2, 0) is 6.42 Å². The van der Waals surface area contributed by atoms with Crippen LogP contribution in [0.15, 0.2) is 157 Å². The Kier molecular flexibility index (Phi) is 5.69. The molecule has 3 atom stereocenters. The molecular weight excluding hydrogens is 635 g/mol. The summed E-state index contributed by atoms with van der Waals surface area (Å²) in [7, 11) is 0. The van der Waals surface area contributed by atoms with E-state index in [1.54, 1.807) is 0 Å². The average Bonchev–Trinajstić information content (AvgIpc) is 3.84. The first-order chi connectivity index (χ1) is 25.7. The molecule has 2 aliphatic heterocycles. The molecule has 246 valence electrons. The smallest absolute Gasteiger partial charge is 0.213 e. The van der Waals surface area contributed by atoms with E-state index < -0.39 is 0 Å². The second-order valence-electron chi connectivity index (χ2n) is 14.9. The van der Waals surface area contributed by atoms with Gasteiger partial charge in [0.25, 0.3) is 0 Å². The normalized spacial score (nSPS) is 18.4. The van der Waals surface area contributed by atoms with Gasteiger partial charge in [-0.1, -0.05) is 61.2 Å². The lowest BCUT2D eigenvalue weighted by Gasteiger charge is -2.32. The Bertz CT molecular complexity index is 3110. The zero-order valence-electron chi connectivity index (χ0n) is 28.7. The van der Waals surface area contributed by atoms with Crippen molar-refractivity contribution in [3.05, 3.63) is 164 Å². The van der Waals surface area contributed by atoms with E-state index in [1.807, 2.05) is 6.07 Å². The number of nitrogens with zero attached hydrogens (tertiary/aromatic N) is 3. The van der Waals surface area contributed by atoms with Crippen LogP contribution >= 0.6 is 0 Å². The van der Waals surface area contributed by atoms with Gasteiger partial charge in [-0.15, -0.1) is 0 Å². The van der Waals surface area contributed by atoms with Gasteiger partial charge in [0.2, 0.25) is 11.4 Å². The molecule has 0 bridgehead atoms. The molecule has 5 aromatic carbocycles. The molecule has 4 heteroatoms. The lowest BCUT2D eigenvalue weighted by molar-refractivity contribution is -0.745. The Morgan fingerprint density at radius 1 is 0.615 bits per heavy atom. The molecule has 0 saturated carbocycles. The molecule has 0 aliphatic carbocycles. The highest BCUT2D eigenvalue weighted by Crippen LogP contribution is 2.47. The number of para-hydroxylation sites is 2. The highest BCUT2D eigenvalue weighted by molar-refractivity contribution is 6.26. The molecule has 3 unspecified atom stereocenters. The van der Waals surface area contributed by atoms with Gasteiger partial charge in [-0.05, 0) is 72.5 Å². The van der Waals surface area contributed by atoms with Crippen molar-refractivity contribution in [3.8, 4) is 22.5 Å². The molecule has 4 nitrogen and oxygen atoms in total. The molecule has 5 aromatic heterocycles. The summed E-state index contributed by atoms with van der Waals surface area (Å²) in [6, 6.07) is 47.7. The number of pyridine rings is 2. The monoisotopic (exact) mass is 669 g/mol. The number of aromatic nitrogens is 3. The van der Waals surface area contributed by atoms with Crippen molar-refractivity contribution in [1.29, 1.82) is 0 Å². The number of hydrogen-bond donors (Lipinski definition) is 0. The summed E-state index contributed by atoms with van der Waals surface area (Å²) in [5.41, 5.74) is 13.7. The summed E-state index contributed by atoms with van der Waals surface area (Å²) in [4.78, 5) is 0. The van der Waals surface area contributed by atoms with Crippen LogP contribution in [0.1, 0.15) is 42.0 Å². The summed E-state index contributed by atoms with van der Waals surface area (Å²) in [6.07, 6.45) is 9.72. The fourth-order valence-electron chi connectivity index (χ4n) is 10.1. The number of benzene rings is 5. The van der Waals surface area contributed by atoms with Crippen LogP contribution in [0.25, 0.3) is 82.5 Å². The van der Waals surface area contributed by atoms with Crippen molar-refractivity contribution in [3.63, 3.8) is 0 Å². The Morgan fingerprint density at radius 2 is 1.33 bits per heavy atom. The van der Waals surface area contributed by atoms with Crippen LogP contribution in [0.3, 0.4) is 0 Å².